The van der Waals surface area contributed by atoms with Gasteiger partial charge in [-0.05, 0) is 41.6 Å². The highest BCUT2D eigenvalue weighted by atomic mass is 32.2. The molecule has 1 aromatic carbocycles. The lowest BCUT2D eigenvalue weighted by Crippen LogP contribution is -2.23. The Kier molecular flexibility index (Phi) is 4.36. The van der Waals surface area contributed by atoms with E-state index < -0.39 is 10.0 Å². The first-order valence-corrected chi connectivity index (χ1v) is 8.11. The van der Waals surface area contributed by atoms with Gasteiger partial charge in [-0.15, -0.1) is 11.3 Å². The van der Waals surface area contributed by atoms with E-state index in [9.17, 15) is 8.42 Å². The normalized spacial score (nSPS) is 11.7. The number of sulfonamides is 1. The van der Waals surface area contributed by atoms with Crippen LogP contribution in [-0.4, -0.2) is 13.5 Å². The highest BCUT2D eigenvalue weighted by Gasteiger charge is 2.14. The van der Waals surface area contributed by atoms with E-state index in [0.717, 1.165) is 10.4 Å². The molecule has 0 radical (unpaired) electrons. The summed E-state index contributed by atoms with van der Waals surface area (Å²) in [5.41, 5.74) is 1.66. The van der Waals surface area contributed by atoms with Gasteiger partial charge >= 0.3 is 0 Å². The smallest absolute Gasteiger partial charge is 0.240 e. The van der Waals surface area contributed by atoms with E-state index in [1.54, 1.807) is 12.1 Å². The molecule has 0 bridgehead atoms. The minimum atomic E-state index is -3.54. The van der Waals surface area contributed by atoms with Crippen LogP contribution < -0.4 is 4.72 Å². The van der Waals surface area contributed by atoms with Crippen molar-refractivity contribution in [3.05, 3.63) is 51.7 Å². The molecule has 1 aromatic heterocycles. The molecule has 1 heterocycles. The monoisotopic (exact) mass is 297 g/mol. The Morgan fingerprint density at radius 2 is 2.11 bits per heavy atom. The van der Waals surface area contributed by atoms with Gasteiger partial charge < -0.3 is 5.11 Å². The number of nitrogens with one attached hydrogen (secondary N) is 1. The number of hydrogen-bond acceptors (Lipinski definition) is 4. The summed E-state index contributed by atoms with van der Waals surface area (Å²) >= 11 is 1.53. The van der Waals surface area contributed by atoms with E-state index in [1.807, 2.05) is 18.4 Å². The highest BCUT2D eigenvalue weighted by molar-refractivity contribution is 7.89. The number of rotatable bonds is 5. The molecule has 102 valence electrons. The van der Waals surface area contributed by atoms with Crippen molar-refractivity contribution < 1.29 is 13.5 Å². The summed E-state index contributed by atoms with van der Waals surface area (Å²) in [4.78, 5) is 1.18. The fourth-order valence-corrected chi connectivity index (χ4v) is 3.64. The number of aryl methyl sites for hydroxylation is 1. The maximum atomic E-state index is 12.1. The van der Waals surface area contributed by atoms with Gasteiger partial charge in [0.05, 0.1) is 11.5 Å². The Labute approximate surface area is 116 Å². The second kappa shape index (κ2) is 5.83. The van der Waals surface area contributed by atoms with Gasteiger partial charge in [-0.3, -0.25) is 0 Å². The van der Waals surface area contributed by atoms with E-state index in [4.69, 9.17) is 5.11 Å². The SMILES string of the molecule is Cc1ccsc1CNS(=O)(=O)c1cccc(CO)c1. The van der Waals surface area contributed by atoms with Gasteiger partial charge in [0.2, 0.25) is 10.0 Å². The first-order valence-electron chi connectivity index (χ1n) is 5.75. The third-order valence-corrected chi connectivity index (χ3v) is 5.20. The van der Waals surface area contributed by atoms with Crippen LogP contribution in [0.15, 0.2) is 40.6 Å². The fourth-order valence-electron chi connectivity index (χ4n) is 1.64. The van der Waals surface area contributed by atoms with Crippen molar-refractivity contribution in [1.82, 2.24) is 4.72 Å². The molecule has 0 aliphatic carbocycles. The van der Waals surface area contributed by atoms with Gasteiger partial charge in [0.15, 0.2) is 0 Å². The summed E-state index contributed by atoms with van der Waals surface area (Å²) in [6.45, 7) is 2.06. The molecule has 0 saturated carbocycles. The summed E-state index contributed by atoms with van der Waals surface area (Å²) in [5, 5.41) is 11.0. The third-order valence-electron chi connectivity index (χ3n) is 2.78. The number of aliphatic hydroxyl groups excluding tert-OH is 1. The summed E-state index contributed by atoms with van der Waals surface area (Å²) in [7, 11) is -3.54. The predicted molar refractivity (Wildman–Crippen MR) is 75.4 cm³/mol. The van der Waals surface area contributed by atoms with Gasteiger partial charge in [-0.2, -0.15) is 0 Å². The van der Waals surface area contributed by atoms with Crippen LogP contribution in [0.1, 0.15) is 16.0 Å². The van der Waals surface area contributed by atoms with E-state index in [1.165, 1.54) is 23.5 Å². The molecule has 0 aliphatic heterocycles. The van der Waals surface area contributed by atoms with Crippen LogP contribution in [0.5, 0.6) is 0 Å². The van der Waals surface area contributed by atoms with E-state index >= 15 is 0 Å². The van der Waals surface area contributed by atoms with E-state index in [2.05, 4.69) is 4.72 Å². The van der Waals surface area contributed by atoms with Crippen LogP contribution in [0.4, 0.5) is 0 Å². The van der Waals surface area contributed by atoms with E-state index in [-0.39, 0.29) is 18.0 Å². The van der Waals surface area contributed by atoms with Gasteiger partial charge in [0.25, 0.3) is 0 Å². The number of thiophene rings is 1. The van der Waals surface area contributed by atoms with Gasteiger partial charge in [0.1, 0.15) is 0 Å². The lowest BCUT2D eigenvalue weighted by atomic mass is 10.2. The molecule has 0 fully saturated rings. The second-order valence-corrected chi connectivity index (χ2v) is 6.92. The quantitative estimate of drug-likeness (QED) is 0.887. The van der Waals surface area contributed by atoms with Gasteiger partial charge in [-0.1, -0.05) is 12.1 Å². The molecule has 0 unspecified atom stereocenters. The molecule has 0 atom stereocenters. The molecule has 4 nitrogen and oxygen atoms in total. The highest BCUT2D eigenvalue weighted by Crippen LogP contribution is 2.17. The molecule has 0 saturated heterocycles. The Morgan fingerprint density at radius 3 is 2.74 bits per heavy atom. The first-order chi connectivity index (χ1) is 9.03. The molecule has 0 spiro atoms. The van der Waals surface area contributed by atoms with Gasteiger partial charge in [-0.25, -0.2) is 13.1 Å². The minimum absolute atomic E-state index is 0.173. The van der Waals surface area contributed by atoms with Crippen molar-refractivity contribution in [2.24, 2.45) is 0 Å². The van der Waals surface area contributed by atoms with Crippen LogP contribution in [0.25, 0.3) is 0 Å². The lowest BCUT2D eigenvalue weighted by molar-refractivity contribution is 0.281. The maximum Gasteiger partial charge on any atom is 0.240 e. The molecule has 0 aliphatic rings. The third kappa shape index (κ3) is 3.42. The first kappa shape index (κ1) is 14.2. The summed E-state index contributed by atoms with van der Waals surface area (Å²) in [5.74, 6) is 0. The molecule has 2 N–H and O–H groups in total. The van der Waals surface area contributed by atoms with Crippen molar-refractivity contribution in [3.63, 3.8) is 0 Å². The molecular weight excluding hydrogens is 282 g/mol. The summed E-state index contributed by atoms with van der Waals surface area (Å²) in [6, 6.07) is 8.26. The maximum absolute atomic E-state index is 12.1. The molecule has 2 aromatic rings. The Balaban J connectivity index is 2.16. The molecular formula is C13H15NO3S2. The second-order valence-electron chi connectivity index (χ2n) is 4.16. The van der Waals surface area contributed by atoms with Crippen molar-refractivity contribution in [2.75, 3.05) is 0 Å². The Hall–Kier alpha value is -1.21. The van der Waals surface area contributed by atoms with E-state index in [0.29, 0.717) is 5.56 Å². The largest absolute Gasteiger partial charge is 0.392 e. The van der Waals surface area contributed by atoms with Crippen LogP contribution in [0.3, 0.4) is 0 Å². The predicted octanol–water partition coefficient (Wildman–Crippen LogP) is 2.03. The molecule has 19 heavy (non-hydrogen) atoms. The summed E-state index contributed by atoms with van der Waals surface area (Å²) in [6.07, 6.45) is 0. The van der Waals surface area contributed by atoms with Crippen molar-refractivity contribution in [2.45, 2.75) is 25.0 Å². The Bertz CT molecular complexity index is 662. The zero-order valence-corrected chi connectivity index (χ0v) is 12.1. The zero-order valence-electron chi connectivity index (χ0n) is 10.5. The fraction of sp³-hybridized carbons (Fsp3) is 0.231. The number of benzene rings is 1. The lowest BCUT2D eigenvalue weighted by Gasteiger charge is -2.07. The standard InChI is InChI=1S/C13H15NO3S2/c1-10-5-6-18-13(10)8-14-19(16,17)12-4-2-3-11(7-12)9-15/h2-7,14-15H,8-9H2,1H3. The molecule has 0 amide bonds. The van der Waals surface area contributed by atoms with Crippen LogP contribution in [0, 0.1) is 6.92 Å². The van der Waals surface area contributed by atoms with Crippen LogP contribution >= 0.6 is 11.3 Å². The Morgan fingerprint density at radius 1 is 1.32 bits per heavy atom. The topological polar surface area (TPSA) is 66.4 Å². The van der Waals surface area contributed by atoms with Crippen molar-refractivity contribution in [3.8, 4) is 0 Å². The average molecular weight is 297 g/mol. The van der Waals surface area contributed by atoms with Crippen LogP contribution in [-0.2, 0) is 23.2 Å². The van der Waals surface area contributed by atoms with Crippen molar-refractivity contribution in [1.29, 1.82) is 0 Å². The summed E-state index contributed by atoms with van der Waals surface area (Å²) < 4.78 is 26.8. The molecule has 2 rings (SSSR count). The minimum Gasteiger partial charge on any atom is -0.392 e. The van der Waals surface area contributed by atoms with Crippen molar-refractivity contribution >= 4 is 21.4 Å². The zero-order chi connectivity index (χ0) is 13.9. The molecule has 6 heteroatoms. The average Bonchev–Trinajstić information content (AvgIpc) is 2.82. The number of hydrogen-bond donors (Lipinski definition) is 2. The number of aliphatic hydroxyl groups is 1. The van der Waals surface area contributed by atoms with Gasteiger partial charge in [0, 0.05) is 11.4 Å². The van der Waals surface area contributed by atoms with Crippen LogP contribution in [0.2, 0.25) is 0 Å².